The monoisotopic (exact) mass is 488 g/mol. The van der Waals surface area contributed by atoms with Crippen LogP contribution in [0.5, 0.6) is 0 Å². The van der Waals surface area contributed by atoms with Gasteiger partial charge in [0.25, 0.3) is 0 Å². The second-order valence-electron chi connectivity index (χ2n) is 6.44. The second kappa shape index (κ2) is 11.4. The number of likely N-dealkylation sites (tertiary alicyclic amines) is 1. The topological polar surface area (TPSA) is 76.3 Å². The summed E-state index contributed by atoms with van der Waals surface area (Å²) in [6.45, 7) is 4.84. The average Bonchev–Trinajstić information content (AvgIpc) is 3.30. The molecule has 1 N–H and O–H groups in total. The molecule has 150 valence electrons. The molecule has 0 radical (unpaired) electrons. The Morgan fingerprint density at radius 2 is 2.22 bits per heavy atom. The van der Waals surface area contributed by atoms with E-state index in [9.17, 15) is 0 Å². The van der Waals surface area contributed by atoms with Gasteiger partial charge in [-0.25, -0.2) is 0 Å². The number of pyridine rings is 1. The quantitative estimate of drug-likeness (QED) is 0.263. The highest BCUT2D eigenvalue weighted by atomic mass is 127. The van der Waals surface area contributed by atoms with Gasteiger partial charge in [0.15, 0.2) is 11.6 Å². The van der Waals surface area contributed by atoms with Gasteiger partial charge < -0.3 is 19.7 Å². The summed E-state index contributed by atoms with van der Waals surface area (Å²) in [6.07, 6.45) is 3.91. The molecule has 8 nitrogen and oxygen atoms in total. The number of ether oxygens (including phenoxy) is 2. The first-order valence-electron chi connectivity index (χ1n) is 9.12. The molecule has 1 atom stereocenters. The summed E-state index contributed by atoms with van der Waals surface area (Å²) in [5, 5.41) is 11.9. The molecular formula is C18H29IN6O2. The van der Waals surface area contributed by atoms with Crippen LogP contribution in [0.15, 0.2) is 29.4 Å². The van der Waals surface area contributed by atoms with E-state index in [-0.39, 0.29) is 24.0 Å². The van der Waals surface area contributed by atoms with Crippen molar-refractivity contribution >= 4 is 35.6 Å². The van der Waals surface area contributed by atoms with E-state index in [1.165, 1.54) is 0 Å². The molecule has 9 heteroatoms. The van der Waals surface area contributed by atoms with Gasteiger partial charge in [0.2, 0.25) is 0 Å². The Bertz CT molecular complexity index is 723. The summed E-state index contributed by atoms with van der Waals surface area (Å²) in [6, 6.07) is 5.92. The summed E-state index contributed by atoms with van der Waals surface area (Å²) in [5.41, 5.74) is 0.878. The maximum absolute atomic E-state index is 5.66. The lowest BCUT2D eigenvalue weighted by Crippen LogP contribution is -2.41. The van der Waals surface area contributed by atoms with Crippen molar-refractivity contribution in [2.45, 2.75) is 12.8 Å². The lowest BCUT2D eigenvalue weighted by Gasteiger charge is -2.21. The highest BCUT2D eigenvalue weighted by Gasteiger charge is 2.24. The summed E-state index contributed by atoms with van der Waals surface area (Å²) < 4.78 is 12.7. The third-order valence-electron chi connectivity index (χ3n) is 4.60. The third kappa shape index (κ3) is 6.01. The van der Waals surface area contributed by atoms with E-state index in [1.54, 1.807) is 7.11 Å². The fraction of sp³-hybridized carbons (Fsp3) is 0.611. The molecule has 0 bridgehead atoms. The van der Waals surface area contributed by atoms with Gasteiger partial charge in [-0.3, -0.25) is 9.39 Å². The van der Waals surface area contributed by atoms with Crippen molar-refractivity contribution in [3.8, 4) is 0 Å². The number of methoxy groups -OCH3 is 1. The minimum atomic E-state index is 0. The van der Waals surface area contributed by atoms with E-state index in [1.807, 2.05) is 35.8 Å². The largest absolute Gasteiger partial charge is 0.382 e. The lowest BCUT2D eigenvalue weighted by molar-refractivity contribution is 0.0536. The zero-order valence-electron chi connectivity index (χ0n) is 16.0. The molecule has 3 heterocycles. The number of halogens is 1. The van der Waals surface area contributed by atoms with Crippen molar-refractivity contribution in [3.05, 3.63) is 30.2 Å². The third-order valence-corrected chi connectivity index (χ3v) is 4.60. The highest BCUT2D eigenvalue weighted by Crippen LogP contribution is 2.16. The molecule has 1 aliphatic rings. The number of nitrogens with one attached hydrogen (secondary N) is 1. The fourth-order valence-corrected chi connectivity index (χ4v) is 3.23. The molecule has 3 rings (SSSR count). The van der Waals surface area contributed by atoms with Crippen molar-refractivity contribution in [1.29, 1.82) is 0 Å². The lowest BCUT2D eigenvalue weighted by atomic mass is 10.1. The molecule has 2 aromatic heterocycles. The number of nitrogens with zero attached hydrogens (tertiary/aromatic N) is 5. The fourth-order valence-electron chi connectivity index (χ4n) is 3.23. The maximum Gasteiger partial charge on any atom is 0.193 e. The molecule has 1 aliphatic heterocycles. The molecule has 0 aromatic carbocycles. The van der Waals surface area contributed by atoms with Gasteiger partial charge >= 0.3 is 0 Å². The number of aliphatic imine (C=N–C) groups is 1. The minimum absolute atomic E-state index is 0. The maximum atomic E-state index is 5.66. The molecule has 0 aliphatic carbocycles. The molecule has 1 saturated heterocycles. The van der Waals surface area contributed by atoms with Crippen LogP contribution in [0, 0.1) is 5.92 Å². The minimum Gasteiger partial charge on any atom is -0.382 e. The van der Waals surface area contributed by atoms with Crippen molar-refractivity contribution in [3.63, 3.8) is 0 Å². The molecule has 0 amide bonds. The molecule has 2 aromatic rings. The summed E-state index contributed by atoms with van der Waals surface area (Å²) >= 11 is 0. The van der Waals surface area contributed by atoms with E-state index in [0.717, 1.165) is 56.5 Å². The summed E-state index contributed by atoms with van der Waals surface area (Å²) in [4.78, 5) is 6.72. The van der Waals surface area contributed by atoms with E-state index in [2.05, 4.69) is 25.4 Å². The average molecular weight is 488 g/mol. The second-order valence-corrected chi connectivity index (χ2v) is 6.44. The first kappa shape index (κ1) is 21.8. The Kier molecular flexibility index (Phi) is 9.22. The van der Waals surface area contributed by atoms with E-state index in [4.69, 9.17) is 9.47 Å². The predicted octanol–water partition coefficient (Wildman–Crippen LogP) is 1.45. The van der Waals surface area contributed by atoms with Gasteiger partial charge in [0.1, 0.15) is 5.82 Å². The predicted molar refractivity (Wildman–Crippen MR) is 116 cm³/mol. The number of aromatic nitrogens is 3. The van der Waals surface area contributed by atoms with Crippen LogP contribution in [0.1, 0.15) is 12.2 Å². The van der Waals surface area contributed by atoms with Crippen molar-refractivity contribution < 1.29 is 9.47 Å². The standard InChI is InChI=1S/C18H28N6O2.HI/c1-19-18(23-10-7-15(13-23)14-26-12-11-25-2)20-8-6-17-22-21-16-5-3-4-9-24(16)17;/h3-5,9,15H,6-8,10-14H2,1-2H3,(H,19,20);1H. The van der Waals surface area contributed by atoms with Crippen LogP contribution >= 0.6 is 24.0 Å². The Hall–Kier alpha value is -1.46. The Balaban J connectivity index is 0.00000261. The number of guanidine groups is 1. The van der Waals surface area contributed by atoms with E-state index < -0.39 is 0 Å². The molecule has 1 fully saturated rings. The number of hydrogen-bond donors (Lipinski definition) is 1. The zero-order chi connectivity index (χ0) is 18.2. The van der Waals surface area contributed by atoms with Crippen LogP contribution in [0.3, 0.4) is 0 Å². The van der Waals surface area contributed by atoms with Crippen LogP contribution in [0.25, 0.3) is 5.65 Å². The van der Waals surface area contributed by atoms with Gasteiger partial charge in [-0.15, -0.1) is 34.2 Å². The van der Waals surface area contributed by atoms with Crippen LogP contribution < -0.4 is 5.32 Å². The van der Waals surface area contributed by atoms with Gasteiger partial charge in [0.05, 0.1) is 19.8 Å². The van der Waals surface area contributed by atoms with Crippen molar-refractivity contribution in [2.24, 2.45) is 10.9 Å². The first-order valence-corrected chi connectivity index (χ1v) is 9.12. The van der Waals surface area contributed by atoms with Gasteiger partial charge in [0, 0.05) is 52.3 Å². The van der Waals surface area contributed by atoms with Gasteiger partial charge in [-0.05, 0) is 18.6 Å². The Labute approximate surface area is 177 Å². The van der Waals surface area contributed by atoms with Crippen LogP contribution in [-0.2, 0) is 15.9 Å². The van der Waals surface area contributed by atoms with Crippen LogP contribution in [-0.4, -0.2) is 79.1 Å². The van der Waals surface area contributed by atoms with Crippen LogP contribution in [0.4, 0.5) is 0 Å². The van der Waals surface area contributed by atoms with E-state index in [0.29, 0.717) is 19.1 Å². The molecule has 0 spiro atoms. The Morgan fingerprint density at radius 3 is 3.04 bits per heavy atom. The van der Waals surface area contributed by atoms with Gasteiger partial charge in [-0.2, -0.15) is 0 Å². The van der Waals surface area contributed by atoms with Gasteiger partial charge in [-0.1, -0.05) is 6.07 Å². The first-order chi connectivity index (χ1) is 12.8. The van der Waals surface area contributed by atoms with Crippen molar-refractivity contribution in [1.82, 2.24) is 24.8 Å². The zero-order valence-corrected chi connectivity index (χ0v) is 18.3. The summed E-state index contributed by atoms with van der Waals surface area (Å²) in [7, 11) is 3.52. The summed E-state index contributed by atoms with van der Waals surface area (Å²) in [5.74, 6) is 2.44. The molecular weight excluding hydrogens is 459 g/mol. The van der Waals surface area contributed by atoms with E-state index >= 15 is 0 Å². The normalized spacial score (nSPS) is 17.3. The number of fused-ring (bicyclic) bond motifs is 1. The SMILES string of the molecule is CN=C(NCCc1nnc2ccccn12)N1CCC(COCCOC)C1.I. The number of rotatable bonds is 8. The number of hydrogen-bond acceptors (Lipinski definition) is 5. The van der Waals surface area contributed by atoms with Crippen molar-refractivity contribution in [2.75, 3.05) is 53.6 Å². The smallest absolute Gasteiger partial charge is 0.193 e. The molecule has 27 heavy (non-hydrogen) atoms. The van der Waals surface area contributed by atoms with Crippen LogP contribution in [0.2, 0.25) is 0 Å². The Morgan fingerprint density at radius 1 is 1.33 bits per heavy atom. The molecule has 1 unspecified atom stereocenters. The highest BCUT2D eigenvalue weighted by molar-refractivity contribution is 14.0. The molecule has 0 saturated carbocycles.